The van der Waals surface area contributed by atoms with Crippen molar-refractivity contribution >= 4 is 27.5 Å². The first-order chi connectivity index (χ1) is 12.0. The Morgan fingerprint density at radius 1 is 1.12 bits per heavy atom. The van der Waals surface area contributed by atoms with E-state index in [2.05, 4.69) is 42.0 Å². The maximum Gasteiger partial charge on any atom is 0.418 e. The van der Waals surface area contributed by atoms with E-state index in [1.165, 1.54) is 18.2 Å². The monoisotopic (exact) mass is 429 g/mol. The van der Waals surface area contributed by atoms with Crippen LogP contribution in [0.3, 0.4) is 0 Å². The van der Waals surface area contributed by atoms with Crippen LogP contribution in [0.5, 0.6) is 5.75 Å². The second kappa shape index (κ2) is 7.70. The van der Waals surface area contributed by atoms with Crippen LogP contribution < -0.4 is 10.1 Å². The highest BCUT2D eigenvalue weighted by Crippen LogP contribution is 2.35. The van der Waals surface area contributed by atoms with E-state index in [0.29, 0.717) is 10.2 Å². The molecule has 0 aromatic heterocycles. The van der Waals surface area contributed by atoms with Crippen LogP contribution in [0.2, 0.25) is 0 Å². The summed E-state index contributed by atoms with van der Waals surface area (Å²) in [5, 5.41) is 2.24. The number of rotatable bonds is 4. The van der Waals surface area contributed by atoms with Crippen molar-refractivity contribution in [1.29, 1.82) is 0 Å². The standard InChI is InChI=1S/C19H19BrF3NO2/c1-18(2,3)12-8-9-16(14(20)10-12)26-11-17(25)24-15-7-5-4-6-13(15)19(21,22)23/h4-10H,11H2,1-3H3,(H,24,25). The van der Waals surface area contributed by atoms with Gasteiger partial charge in [-0.2, -0.15) is 13.2 Å². The zero-order chi connectivity index (χ0) is 19.5. The summed E-state index contributed by atoms with van der Waals surface area (Å²) in [6, 6.07) is 10.3. The number of benzene rings is 2. The molecule has 1 N–H and O–H groups in total. The van der Waals surface area contributed by atoms with Crippen LogP contribution in [-0.2, 0) is 16.4 Å². The molecule has 0 aliphatic heterocycles. The van der Waals surface area contributed by atoms with E-state index in [1.54, 1.807) is 6.07 Å². The van der Waals surface area contributed by atoms with Crippen molar-refractivity contribution in [3.63, 3.8) is 0 Å². The van der Waals surface area contributed by atoms with E-state index in [1.807, 2.05) is 12.1 Å². The van der Waals surface area contributed by atoms with E-state index >= 15 is 0 Å². The number of carbonyl (C=O) groups is 1. The van der Waals surface area contributed by atoms with Gasteiger partial charge in [-0.1, -0.05) is 39.0 Å². The van der Waals surface area contributed by atoms with Gasteiger partial charge in [-0.15, -0.1) is 0 Å². The lowest BCUT2D eigenvalue weighted by Gasteiger charge is -2.20. The first-order valence-electron chi connectivity index (χ1n) is 7.87. The Labute approximate surface area is 158 Å². The number of ether oxygens (including phenoxy) is 1. The van der Waals surface area contributed by atoms with Crippen molar-refractivity contribution in [2.24, 2.45) is 0 Å². The lowest BCUT2D eigenvalue weighted by Crippen LogP contribution is -2.22. The highest BCUT2D eigenvalue weighted by atomic mass is 79.9. The van der Waals surface area contributed by atoms with E-state index in [-0.39, 0.29) is 11.1 Å². The van der Waals surface area contributed by atoms with Gasteiger partial charge in [0.1, 0.15) is 5.75 Å². The predicted octanol–water partition coefficient (Wildman–Crippen LogP) is 5.78. The van der Waals surface area contributed by atoms with E-state index in [9.17, 15) is 18.0 Å². The first-order valence-corrected chi connectivity index (χ1v) is 8.66. The number of carbonyl (C=O) groups excluding carboxylic acids is 1. The molecule has 0 saturated heterocycles. The van der Waals surface area contributed by atoms with Crippen LogP contribution in [-0.4, -0.2) is 12.5 Å². The quantitative estimate of drug-likeness (QED) is 0.668. The van der Waals surface area contributed by atoms with Crippen LogP contribution in [0.4, 0.5) is 18.9 Å². The third-order valence-electron chi connectivity index (χ3n) is 3.66. The number of para-hydroxylation sites is 1. The minimum absolute atomic E-state index is 0.0419. The fourth-order valence-electron chi connectivity index (χ4n) is 2.25. The lowest BCUT2D eigenvalue weighted by atomic mass is 9.87. The Balaban J connectivity index is 2.05. The van der Waals surface area contributed by atoms with Gasteiger partial charge in [0.2, 0.25) is 0 Å². The van der Waals surface area contributed by atoms with Crippen molar-refractivity contribution in [3.05, 3.63) is 58.1 Å². The van der Waals surface area contributed by atoms with Crippen molar-refractivity contribution in [1.82, 2.24) is 0 Å². The molecule has 0 saturated carbocycles. The second-order valence-electron chi connectivity index (χ2n) is 6.78. The van der Waals surface area contributed by atoms with Gasteiger partial charge in [-0.05, 0) is 51.2 Å². The number of hydrogen-bond acceptors (Lipinski definition) is 2. The van der Waals surface area contributed by atoms with Gasteiger partial charge in [0.15, 0.2) is 6.61 Å². The highest BCUT2D eigenvalue weighted by molar-refractivity contribution is 9.10. The fourth-order valence-corrected chi connectivity index (χ4v) is 2.75. The molecular weight excluding hydrogens is 411 g/mol. The molecule has 0 atom stereocenters. The zero-order valence-electron chi connectivity index (χ0n) is 14.6. The first kappa shape index (κ1) is 20.3. The van der Waals surface area contributed by atoms with Crippen LogP contribution in [0.25, 0.3) is 0 Å². The third kappa shape index (κ3) is 5.24. The number of alkyl halides is 3. The average Bonchev–Trinajstić information content (AvgIpc) is 2.52. The topological polar surface area (TPSA) is 38.3 Å². The maximum atomic E-state index is 12.9. The van der Waals surface area contributed by atoms with Crippen LogP contribution >= 0.6 is 15.9 Å². The fraction of sp³-hybridized carbons (Fsp3) is 0.316. The molecule has 26 heavy (non-hydrogen) atoms. The van der Waals surface area contributed by atoms with Crippen LogP contribution in [0.15, 0.2) is 46.9 Å². The van der Waals surface area contributed by atoms with E-state index in [4.69, 9.17) is 4.74 Å². The van der Waals surface area contributed by atoms with Crippen molar-refractivity contribution in [2.75, 3.05) is 11.9 Å². The summed E-state index contributed by atoms with van der Waals surface area (Å²) in [7, 11) is 0. The summed E-state index contributed by atoms with van der Waals surface area (Å²) < 4.78 is 44.9. The Bertz CT molecular complexity index is 798. The summed E-state index contributed by atoms with van der Waals surface area (Å²) in [6.45, 7) is 5.81. The molecule has 2 aromatic carbocycles. The largest absolute Gasteiger partial charge is 0.483 e. The normalized spacial score (nSPS) is 12.0. The van der Waals surface area contributed by atoms with Gasteiger partial charge < -0.3 is 10.1 Å². The molecule has 7 heteroatoms. The highest BCUT2D eigenvalue weighted by Gasteiger charge is 2.33. The van der Waals surface area contributed by atoms with Gasteiger partial charge in [-0.25, -0.2) is 0 Å². The Hall–Kier alpha value is -2.02. The van der Waals surface area contributed by atoms with E-state index < -0.39 is 24.3 Å². The summed E-state index contributed by atoms with van der Waals surface area (Å²) >= 11 is 3.39. The number of anilines is 1. The Morgan fingerprint density at radius 2 is 1.77 bits per heavy atom. The van der Waals surface area contributed by atoms with Gasteiger partial charge in [0, 0.05) is 0 Å². The molecular formula is C19H19BrF3NO2. The smallest absolute Gasteiger partial charge is 0.418 e. The van der Waals surface area contributed by atoms with Crippen molar-refractivity contribution < 1.29 is 22.7 Å². The van der Waals surface area contributed by atoms with E-state index in [0.717, 1.165) is 11.6 Å². The molecule has 0 unspecified atom stereocenters. The summed E-state index contributed by atoms with van der Waals surface area (Å²) in [5.74, 6) is -0.231. The zero-order valence-corrected chi connectivity index (χ0v) is 16.2. The minimum atomic E-state index is -4.55. The number of halogens is 4. The van der Waals surface area contributed by atoms with Crippen LogP contribution in [0, 0.1) is 0 Å². The molecule has 0 aliphatic rings. The maximum absolute atomic E-state index is 12.9. The van der Waals surface area contributed by atoms with Crippen LogP contribution in [0.1, 0.15) is 31.9 Å². The molecule has 3 nitrogen and oxygen atoms in total. The number of nitrogens with one attached hydrogen (secondary N) is 1. The summed E-state index contributed by atoms with van der Waals surface area (Å²) in [5.41, 5.74) is -0.153. The molecule has 0 fully saturated rings. The SMILES string of the molecule is CC(C)(C)c1ccc(OCC(=O)Nc2ccccc2C(F)(F)F)c(Br)c1. The molecule has 140 valence electrons. The summed E-state index contributed by atoms with van der Waals surface area (Å²) in [6.07, 6.45) is -4.55. The molecule has 0 bridgehead atoms. The third-order valence-corrected chi connectivity index (χ3v) is 4.28. The van der Waals surface area contributed by atoms with Crippen molar-refractivity contribution in [3.8, 4) is 5.75 Å². The minimum Gasteiger partial charge on any atom is -0.483 e. The molecule has 0 radical (unpaired) electrons. The Morgan fingerprint density at radius 3 is 2.35 bits per heavy atom. The van der Waals surface area contributed by atoms with Crippen molar-refractivity contribution in [2.45, 2.75) is 32.4 Å². The molecule has 0 heterocycles. The second-order valence-corrected chi connectivity index (χ2v) is 7.63. The lowest BCUT2D eigenvalue weighted by molar-refractivity contribution is -0.137. The average molecular weight is 430 g/mol. The molecule has 2 rings (SSSR count). The summed E-state index contributed by atoms with van der Waals surface area (Å²) in [4.78, 5) is 12.0. The number of hydrogen-bond donors (Lipinski definition) is 1. The van der Waals surface area contributed by atoms with Gasteiger partial charge in [0.25, 0.3) is 5.91 Å². The number of amides is 1. The van der Waals surface area contributed by atoms with Gasteiger partial charge in [0.05, 0.1) is 15.7 Å². The molecule has 1 amide bonds. The molecule has 0 aliphatic carbocycles. The molecule has 2 aromatic rings. The van der Waals surface area contributed by atoms with Gasteiger partial charge in [-0.3, -0.25) is 4.79 Å². The Kier molecular flexibility index (Phi) is 6.01. The molecule has 0 spiro atoms. The predicted molar refractivity (Wildman–Crippen MR) is 98.4 cm³/mol. The van der Waals surface area contributed by atoms with Gasteiger partial charge >= 0.3 is 6.18 Å².